The largest absolute Gasteiger partial charge is 0.389 e. The number of piperazine rings is 1. The number of aliphatic hydroxyl groups is 1. The highest BCUT2D eigenvalue weighted by Gasteiger charge is 2.32. The number of carbonyl (C=O) groups is 1. The normalized spacial score (nSPS) is 25.5. The summed E-state index contributed by atoms with van der Waals surface area (Å²) >= 11 is 0. The second kappa shape index (κ2) is 7.56. The van der Waals surface area contributed by atoms with Gasteiger partial charge in [-0.1, -0.05) is 19.3 Å². The molecule has 2 N–H and O–H groups in total. The smallest absolute Gasteiger partial charge is 0.223 e. The van der Waals surface area contributed by atoms with Gasteiger partial charge in [-0.25, -0.2) is 0 Å². The summed E-state index contributed by atoms with van der Waals surface area (Å²) in [6, 6.07) is 0.146. The fourth-order valence-electron chi connectivity index (χ4n) is 3.47. The molecular formula is C16H31N3O2. The Balaban J connectivity index is 1.69. The van der Waals surface area contributed by atoms with Gasteiger partial charge in [0.2, 0.25) is 5.91 Å². The van der Waals surface area contributed by atoms with Crippen molar-refractivity contribution in [2.45, 2.75) is 57.1 Å². The summed E-state index contributed by atoms with van der Waals surface area (Å²) in [5.41, 5.74) is -0.754. The third-order valence-electron chi connectivity index (χ3n) is 4.81. The lowest BCUT2D eigenvalue weighted by Crippen LogP contribution is -2.50. The van der Waals surface area contributed by atoms with Crippen LogP contribution in [0.5, 0.6) is 0 Å². The first-order valence-corrected chi connectivity index (χ1v) is 8.39. The van der Waals surface area contributed by atoms with E-state index in [1.165, 1.54) is 6.42 Å². The van der Waals surface area contributed by atoms with Crippen molar-refractivity contribution in [2.24, 2.45) is 0 Å². The highest BCUT2D eigenvalue weighted by Crippen LogP contribution is 2.30. The van der Waals surface area contributed by atoms with Gasteiger partial charge in [-0.05, 0) is 26.8 Å². The fraction of sp³-hybridized carbons (Fsp3) is 0.938. The summed E-state index contributed by atoms with van der Waals surface area (Å²) in [4.78, 5) is 16.9. The van der Waals surface area contributed by atoms with Crippen LogP contribution in [-0.2, 0) is 4.79 Å². The Morgan fingerprint density at radius 1 is 1.19 bits per heavy atom. The number of nitrogens with one attached hydrogen (secondary N) is 1. The van der Waals surface area contributed by atoms with Crippen molar-refractivity contribution in [3.05, 3.63) is 0 Å². The maximum absolute atomic E-state index is 12.1. The molecular weight excluding hydrogens is 266 g/mol. The molecule has 1 heterocycles. The van der Waals surface area contributed by atoms with E-state index in [-0.39, 0.29) is 18.4 Å². The second-order valence-corrected chi connectivity index (χ2v) is 7.03. The Hall–Kier alpha value is -0.650. The van der Waals surface area contributed by atoms with Gasteiger partial charge in [0.05, 0.1) is 12.0 Å². The number of hydrogen-bond acceptors (Lipinski definition) is 4. The number of likely N-dealkylation sites (N-methyl/N-ethyl adjacent to an activating group) is 1. The zero-order valence-corrected chi connectivity index (χ0v) is 13.6. The van der Waals surface area contributed by atoms with Crippen molar-refractivity contribution in [3.63, 3.8) is 0 Å². The highest BCUT2D eigenvalue weighted by molar-refractivity contribution is 5.77. The van der Waals surface area contributed by atoms with E-state index in [2.05, 4.69) is 29.1 Å². The van der Waals surface area contributed by atoms with Crippen LogP contribution in [-0.4, -0.2) is 72.2 Å². The first-order valence-electron chi connectivity index (χ1n) is 8.39. The van der Waals surface area contributed by atoms with Gasteiger partial charge >= 0.3 is 0 Å². The molecule has 1 amide bonds. The highest BCUT2D eigenvalue weighted by atomic mass is 16.3. The van der Waals surface area contributed by atoms with Crippen molar-refractivity contribution in [1.29, 1.82) is 0 Å². The Morgan fingerprint density at radius 2 is 1.81 bits per heavy atom. The van der Waals surface area contributed by atoms with Gasteiger partial charge in [0, 0.05) is 38.8 Å². The van der Waals surface area contributed by atoms with Gasteiger partial charge in [-0.3, -0.25) is 9.69 Å². The molecule has 21 heavy (non-hydrogen) atoms. The molecule has 1 aliphatic carbocycles. The molecule has 2 rings (SSSR count). The third-order valence-corrected chi connectivity index (χ3v) is 4.81. The maximum atomic E-state index is 12.1. The molecule has 0 spiro atoms. The molecule has 5 nitrogen and oxygen atoms in total. The van der Waals surface area contributed by atoms with Crippen molar-refractivity contribution in [2.75, 3.05) is 39.8 Å². The van der Waals surface area contributed by atoms with Crippen molar-refractivity contribution < 1.29 is 9.90 Å². The molecule has 2 aliphatic rings. The molecule has 0 aromatic carbocycles. The summed E-state index contributed by atoms with van der Waals surface area (Å²) in [5, 5.41) is 13.5. The second-order valence-electron chi connectivity index (χ2n) is 7.03. The zero-order valence-electron chi connectivity index (χ0n) is 13.6. The predicted octanol–water partition coefficient (Wildman–Crippen LogP) is 0.824. The van der Waals surface area contributed by atoms with Crippen molar-refractivity contribution in [3.8, 4) is 0 Å². The lowest BCUT2D eigenvalue weighted by atomic mass is 9.82. The first kappa shape index (κ1) is 16.7. The number of hydrogen-bond donors (Lipinski definition) is 2. The van der Waals surface area contributed by atoms with Crippen LogP contribution >= 0.6 is 0 Å². The quantitative estimate of drug-likeness (QED) is 0.789. The summed E-state index contributed by atoms with van der Waals surface area (Å²) in [5.74, 6) is 0.000951. The lowest BCUT2D eigenvalue weighted by molar-refractivity contribution is -0.128. The van der Waals surface area contributed by atoms with Crippen molar-refractivity contribution in [1.82, 2.24) is 15.1 Å². The molecule has 5 heteroatoms. The third kappa shape index (κ3) is 5.57. The topological polar surface area (TPSA) is 55.8 Å². The Bertz CT molecular complexity index is 334. The molecule has 122 valence electrons. The van der Waals surface area contributed by atoms with Crippen LogP contribution in [0.15, 0.2) is 0 Å². The van der Waals surface area contributed by atoms with E-state index >= 15 is 0 Å². The molecule has 1 saturated carbocycles. The standard InChI is InChI=1S/C16H31N3O2/c1-14(13-19-10-8-18(2)9-11-19)17-15(20)12-16(21)6-4-3-5-7-16/h14,21H,3-13H2,1-2H3,(H,17,20). The van der Waals surface area contributed by atoms with E-state index in [0.717, 1.165) is 58.4 Å². The van der Waals surface area contributed by atoms with Crippen LogP contribution < -0.4 is 5.32 Å². The molecule has 0 bridgehead atoms. The molecule has 1 atom stereocenters. The molecule has 0 radical (unpaired) electrons. The minimum Gasteiger partial charge on any atom is -0.389 e. The summed E-state index contributed by atoms with van der Waals surface area (Å²) < 4.78 is 0. The van der Waals surface area contributed by atoms with Gasteiger partial charge < -0.3 is 15.3 Å². The fourth-order valence-corrected chi connectivity index (χ4v) is 3.47. The van der Waals surface area contributed by atoms with E-state index in [1.807, 2.05) is 0 Å². The van der Waals surface area contributed by atoms with Gasteiger partial charge in [0.15, 0.2) is 0 Å². The molecule has 1 aliphatic heterocycles. The van der Waals surface area contributed by atoms with Crippen LogP contribution in [0.3, 0.4) is 0 Å². The molecule has 2 fully saturated rings. The minimum absolute atomic E-state index is 0.000951. The first-order chi connectivity index (χ1) is 9.97. The van der Waals surface area contributed by atoms with Crippen LogP contribution in [0.25, 0.3) is 0 Å². The number of carbonyl (C=O) groups excluding carboxylic acids is 1. The van der Waals surface area contributed by atoms with E-state index in [4.69, 9.17) is 0 Å². The van der Waals surface area contributed by atoms with Crippen LogP contribution in [0, 0.1) is 0 Å². The Labute approximate surface area is 128 Å². The molecule has 0 aromatic rings. The Kier molecular flexibility index (Phi) is 6.02. The number of rotatable bonds is 5. The van der Waals surface area contributed by atoms with Crippen molar-refractivity contribution >= 4 is 5.91 Å². The summed E-state index contributed by atoms with van der Waals surface area (Å²) in [6.07, 6.45) is 5.07. The number of nitrogens with zero attached hydrogens (tertiary/aromatic N) is 2. The van der Waals surface area contributed by atoms with Gasteiger partial charge in [0.1, 0.15) is 0 Å². The molecule has 0 aromatic heterocycles. The number of amides is 1. The van der Waals surface area contributed by atoms with Gasteiger partial charge in [0.25, 0.3) is 0 Å². The van der Waals surface area contributed by atoms with Gasteiger partial charge in [-0.15, -0.1) is 0 Å². The minimum atomic E-state index is -0.754. The van der Waals surface area contributed by atoms with E-state index in [0.29, 0.717) is 0 Å². The monoisotopic (exact) mass is 297 g/mol. The summed E-state index contributed by atoms with van der Waals surface area (Å²) in [7, 11) is 2.15. The molecule has 1 saturated heterocycles. The van der Waals surface area contributed by atoms with Crippen LogP contribution in [0.1, 0.15) is 45.4 Å². The van der Waals surface area contributed by atoms with E-state index in [1.54, 1.807) is 0 Å². The van der Waals surface area contributed by atoms with Crippen LogP contribution in [0.2, 0.25) is 0 Å². The maximum Gasteiger partial charge on any atom is 0.223 e. The Morgan fingerprint density at radius 3 is 2.43 bits per heavy atom. The van der Waals surface area contributed by atoms with E-state index in [9.17, 15) is 9.90 Å². The zero-order chi connectivity index (χ0) is 15.3. The van der Waals surface area contributed by atoms with Crippen LogP contribution in [0.4, 0.5) is 0 Å². The average Bonchev–Trinajstić information content (AvgIpc) is 2.41. The van der Waals surface area contributed by atoms with E-state index < -0.39 is 5.60 Å². The lowest BCUT2D eigenvalue weighted by Gasteiger charge is -2.35. The predicted molar refractivity (Wildman–Crippen MR) is 84.2 cm³/mol. The molecule has 1 unspecified atom stereocenters. The van der Waals surface area contributed by atoms with Gasteiger partial charge in [-0.2, -0.15) is 0 Å². The SMILES string of the molecule is CC(CN1CCN(C)CC1)NC(=O)CC1(O)CCCCC1. The average molecular weight is 297 g/mol. The summed E-state index contributed by atoms with van der Waals surface area (Å²) in [6.45, 7) is 7.29.